The van der Waals surface area contributed by atoms with Gasteiger partial charge in [-0.25, -0.2) is 14.2 Å². The molecule has 7 heteroatoms. The Labute approximate surface area is 150 Å². The van der Waals surface area contributed by atoms with Crippen molar-refractivity contribution in [1.29, 1.82) is 0 Å². The number of halogens is 2. The van der Waals surface area contributed by atoms with Crippen LogP contribution in [0, 0.1) is 11.7 Å². The third kappa shape index (κ3) is 4.76. The molecule has 3 rings (SSSR count). The Morgan fingerprint density at radius 3 is 2.76 bits per heavy atom. The van der Waals surface area contributed by atoms with Gasteiger partial charge in [0, 0.05) is 30.2 Å². The van der Waals surface area contributed by atoms with Gasteiger partial charge in [-0.2, -0.15) is 5.10 Å². The van der Waals surface area contributed by atoms with Crippen LogP contribution in [0.5, 0.6) is 0 Å². The van der Waals surface area contributed by atoms with E-state index in [0.717, 1.165) is 12.8 Å². The molecule has 0 aliphatic heterocycles. The number of nitrogens with one attached hydrogen (secondary N) is 1. The highest BCUT2D eigenvalue weighted by Gasteiger charge is 2.23. The zero-order valence-corrected chi connectivity index (χ0v) is 14.3. The fraction of sp³-hybridized carbons (Fsp3) is 0.278. The van der Waals surface area contributed by atoms with Crippen molar-refractivity contribution in [2.45, 2.75) is 19.3 Å². The van der Waals surface area contributed by atoms with Crippen molar-refractivity contribution >= 4 is 29.5 Å². The van der Waals surface area contributed by atoms with E-state index in [2.05, 4.69) is 15.4 Å². The highest BCUT2D eigenvalue weighted by molar-refractivity contribution is 6.32. The minimum atomic E-state index is -0.361. The van der Waals surface area contributed by atoms with Gasteiger partial charge in [0.15, 0.2) is 0 Å². The molecule has 1 aliphatic carbocycles. The van der Waals surface area contributed by atoms with Gasteiger partial charge < -0.3 is 5.32 Å². The van der Waals surface area contributed by atoms with Gasteiger partial charge in [-0.1, -0.05) is 18.0 Å². The second-order valence-corrected chi connectivity index (χ2v) is 6.37. The van der Waals surface area contributed by atoms with Gasteiger partial charge in [0.1, 0.15) is 5.82 Å². The van der Waals surface area contributed by atoms with Gasteiger partial charge in [0.2, 0.25) is 0 Å². The van der Waals surface area contributed by atoms with Crippen molar-refractivity contribution in [1.82, 2.24) is 9.99 Å². The Kier molecular flexibility index (Phi) is 5.60. The summed E-state index contributed by atoms with van der Waals surface area (Å²) in [5.74, 6) is 0.0960. The topological polar surface area (TPSA) is 57.6 Å². The average molecular weight is 361 g/mol. The summed E-state index contributed by atoms with van der Waals surface area (Å²) in [5.41, 5.74) is 1.20. The van der Waals surface area contributed by atoms with Crippen LogP contribution < -0.4 is 5.32 Å². The molecule has 1 fully saturated rings. The first-order valence-electron chi connectivity index (χ1n) is 8.09. The van der Waals surface area contributed by atoms with Crippen molar-refractivity contribution in [2.24, 2.45) is 11.0 Å². The quantitative estimate of drug-likeness (QED) is 0.628. The Bertz CT molecular complexity index is 762. The normalized spacial score (nSPS) is 14.3. The van der Waals surface area contributed by atoms with Crippen molar-refractivity contribution in [3.05, 3.63) is 59.1 Å². The molecular formula is C18H18ClFN4O. The molecule has 5 nitrogen and oxygen atoms in total. The molecule has 1 saturated carbocycles. The highest BCUT2D eigenvalue weighted by Crippen LogP contribution is 2.27. The number of anilines is 1. The standard InChI is InChI=1S/C18H18ClFN4O/c19-17-11-21-9-8-14(17)10-22-24(12-13-2-1-3-13)18(25)23-16-6-4-15(20)5-7-16/h4-11,13H,1-3,12H2,(H,23,25)/b22-10+. The lowest BCUT2D eigenvalue weighted by Gasteiger charge is -2.29. The monoisotopic (exact) mass is 360 g/mol. The lowest BCUT2D eigenvalue weighted by Crippen LogP contribution is -2.36. The summed E-state index contributed by atoms with van der Waals surface area (Å²) in [6.45, 7) is 0.534. The summed E-state index contributed by atoms with van der Waals surface area (Å²) < 4.78 is 13.0. The van der Waals surface area contributed by atoms with Crippen molar-refractivity contribution < 1.29 is 9.18 Å². The molecular weight excluding hydrogens is 343 g/mol. The number of rotatable bonds is 5. The van der Waals surface area contributed by atoms with E-state index in [1.165, 1.54) is 41.9 Å². The third-order valence-electron chi connectivity index (χ3n) is 4.13. The summed E-state index contributed by atoms with van der Waals surface area (Å²) >= 11 is 6.07. The number of urea groups is 1. The Morgan fingerprint density at radius 2 is 2.12 bits per heavy atom. The van der Waals surface area contributed by atoms with Gasteiger partial charge in [-0.3, -0.25) is 4.98 Å². The first kappa shape index (κ1) is 17.4. The number of pyridine rings is 1. The van der Waals surface area contributed by atoms with Crippen molar-refractivity contribution in [2.75, 3.05) is 11.9 Å². The maximum atomic E-state index is 13.0. The summed E-state index contributed by atoms with van der Waals surface area (Å²) in [5, 5.41) is 8.89. The Morgan fingerprint density at radius 1 is 1.36 bits per heavy atom. The maximum Gasteiger partial charge on any atom is 0.342 e. The first-order valence-corrected chi connectivity index (χ1v) is 8.47. The van der Waals surface area contributed by atoms with E-state index in [1.54, 1.807) is 18.5 Å². The number of hydrogen-bond donors (Lipinski definition) is 1. The molecule has 1 aliphatic rings. The predicted molar refractivity (Wildman–Crippen MR) is 96.3 cm³/mol. The number of aromatic nitrogens is 1. The molecule has 2 amide bonds. The lowest BCUT2D eigenvalue weighted by atomic mass is 9.85. The highest BCUT2D eigenvalue weighted by atomic mass is 35.5. The maximum absolute atomic E-state index is 13.0. The molecule has 0 bridgehead atoms. The average Bonchev–Trinajstić information content (AvgIpc) is 2.56. The zero-order chi connectivity index (χ0) is 17.6. The first-order chi connectivity index (χ1) is 12.1. The van der Waals surface area contributed by atoms with E-state index in [1.807, 2.05) is 0 Å². The van der Waals surface area contributed by atoms with Crippen LogP contribution in [0.4, 0.5) is 14.9 Å². The molecule has 0 spiro atoms. The van der Waals surface area contributed by atoms with Gasteiger partial charge in [-0.15, -0.1) is 0 Å². The minimum Gasteiger partial charge on any atom is -0.306 e. The molecule has 1 N–H and O–H groups in total. The summed E-state index contributed by atoms with van der Waals surface area (Å²) in [6, 6.07) is 6.99. The van der Waals surface area contributed by atoms with E-state index in [9.17, 15) is 9.18 Å². The van der Waals surface area contributed by atoms with Crippen molar-refractivity contribution in [3.8, 4) is 0 Å². The molecule has 1 heterocycles. The number of amides is 2. The lowest BCUT2D eigenvalue weighted by molar-refractivity contribution is 0.182. The van der Waals surface area contributed by atoms with Gasteiger partial charge in [0.05, 0.1) is 11.2 Å². The summed E-state index contributed by atoms with van der Waals surface area (Å²) in [7, 11) is 0. The Balaban J connectivity index is 1.72. The van der Waals surface area contributed by atoms with E-state index in [-0.39, 0.29) is 11.8 Å². The second-order valence-electron chi connectivity index (χ2n) is 5.96. The van der Waals surface area contributed by atoms with Crippen molar-refractivity contribution in [3.63, 3.8) is 0 Å². The fourth-order valence-electron chi connectivity index (χ4n) is 2.45. The Hall–Kier alpha value is -2.47. The minimum absolute atomic E-state index is 0.352. The number of carbonyl (C=O) groups is 1. The summed E-state index contributed by atoms with van der Waals surface area (Å²) in [6.07, 6.45) is 8.04. The van der Waals surface area contributed by atoms with E-state index >= 15 is 0 Å². The van der Waals surface area contributed by atoms with Crippen LogP contribution in [0.3, 0.4) is 0 Å². The smallest absolute Gasteiger partial charge is 0.306 e. The zero-order valence-electron chi connectivity index (χ0n) is 13.5. The van der Waals surface area contributed by atoms with E-state index < -0.39 is 0 Å². The largest absolute Gasteiger partial charge is 0.342 e. The van der Waals surface area contributed by atoms with Crippen LogP contribution in [-0.4, -0.2) is 28.8 Å². The number of benzene rings is 1. The van der Waals surface area contributed by atoms with Crippen LogP contribution in [0.2, 0.25) is 5.02 Å². The molecule has 0 unspecified atom stereocenters. The van der Waals surface area contributed by atoms with Crippen LogP contribution in [-0.2, 0) is 0 Å². The number of hydrogen-bond acceptors (Lipinski definition) is 3. The molecule has 1 aromatic carbocycles. The van der Waals surface area contributed by atoms with Crippen LogP contribution in [0.25, 0.3) is 0 Å². The van der Waals surface area contributed by atoms with E-state index in [4.69, 9.17) is 11.6 Å². The van der Waals surface area contributed by atoms with E-state index in [0.29, 0.717) is 28.7 Å². The van der Waals surface area contributed by atoms with Crippen LogP contribution >= 0.6 is 11.6 Å². The molecule has 1 aromatic heterocycles. The molecule has 0 radical (unpaired) electrons. The summed E-state index contributed by atoms with van der Waals surface area (Å²) in [4.78, 5) is 16.5. The molecule has 0 saturated heterocycles. The third-order valence-corrected chi connectivity index (χ3v) is 4.44. The molecule has 25 heavy (non-hydrogen) atoms. The predicted octanol–water partition coefficient (Wildman–Crippen LogP) is 4.54. The SMILES string of the molecule is O=C(Nc1ccc(F)cc1)N(CC1CCC1)/N=C/c1ccncc1Cl. The fourth-order valence-corrected chi connectivity index (χ4v) is 2.61. The number of carbonyl (C=O) groups excluding carboxylic acids is 1. The van der Waals surface area contributed by atoms with Gasteiger partial charge >= 0.3 is 6.03 Å². The van der Waals surface area contributed by atoms with Crippen LogP contribution in [0.1, 0.15) is 24.8 Å². The molecule has 2 aromatic rings. The number of nitrogens with zero attached hydrogens (tertiary/aromatic N) is 3. The second kappa shape index (κ2) is 8.07. The van der Waals surface area contributed by atoms with Crippen LogP contribution in [0.15, 0.2) is 47.8 Å². The van der Waals surface area contributed by atoms with Gasteiger partial charge in [0.25, 0.3) is 0 Å². The van der Waals surface area contributed by atoms with Gasteiger partial charge in [-0.05, 0) is 49.1 Å². The number of hydrazone groups is 1. The molecule has 130 valence electrons. The molecule has 0 atom stereocenters.